The van der Waals surface area contributed by atoms with Crippen LogP contribution in [0.5, 0.6) is 0 Å². The molecule has 3 heterocycles. The van der Waals surface area contributed by atoms with Crippen LogP contribution in [0.2, 0.25) is 0 Å². The van der Waals surface area contributed by atoms with Gasteiger partial charge in [0.15, 0.2) is 0 Å². The van der Waals surface area contributed by atoms with Gasteiger partial charge in [-0.15, -0.1) is 0 Å². The third-order valence-electron chi connectivity index (χ3n) is 4.08. The Kier molecular flexibility index (Phi) is 4.43. The molecule has 0 aromatic carbocycles. The molecule has 0 fully saturated rings. The number of hydrogen-bond acceptors (Lipinski definition) is 7. The zero-order valence-corrected chi connectivity index (χ0v) is 14.8. The maximum atomic E-state index is 12.5. The smallest absolute Gasteiger partial charge is 0.340 e. The quantitative estimate of drug-likeness (QED) is 0.741. The SMILES string of the molecule is CN(C)c1nc2c(c(N(C)C)n1)CCN(C(=O)Cc1n[nH]c(=O)[nH]1)C2. The van der Waals surface area contributed by atoms with Crippen LogP contribution in [0.4, 0.5) is 11.8 Å². The van der Waals surface area contributed by atoms with Crippen LogP contribution in [0.3, 0.4) is 0 Å². The van der Waals surface area contributed by atoms with Crippen LogP contribution >= 0.6 is 0 Å². The molecule has 10 heteroatoms. The molecule has 2 N–H and O–H groups in total. The van der Waals surface area contributed by atoms with Crippen LogP contribution in [-0.4, -0.2) is 70.7 Å². The first kappa shape index (κ1) is 16.9. The Labute approximate surface area is 144 Å². The van der Waals surface area contributed by atoms with Gasteiger partial charge in [-0.05, 0) is 6.42 Å². The topological polar surface area (TPSA) is 114 Å². The number of aromatic amines is 2. The highest BCUT2D eigenvalue weighted by Crippen LogP contribution is 2.27. The molecule has 2 aromatic rings. The van der Waals surface area contributed by atoms with Gasteiger partial charge in [0, 0.05) is 40.3 Å². The molecule has 0 aliphatic carbocycles. The number of amides is 1. The standard InChI is InChI=1S/C15H22N8O2/c1-21(2)13-9-5-6-23(8-10(9)16-14(18-13)22(3)4)12(24)7-11-17-15(25)20-19-11/h5-8H2,1-4H3,(H2,17,19,20,25). The summed E-state index contributed by atoms with van der Waals surface area (Å²) in [6.07, 6.45) is 0.750. The minimum Gasteiger partial charge on any atom is -0.362 e. The second kappa shape index (κ2) is 6.54. The first-order valence-electron chi connectivity index (χ1n) is 8.01. The summed E-state index contributed by atoms with van der Waals surface area (Å²) in [6.45, 7) is 1.01. The summed E-state index contributed by atoms with van der Waals surface area (Å²) in [7, 11) is 7.68. The number of hydrogen-bond donors (Lipinski definition) is 2. The first-order chi connectivity index (χ1) is 11.8. The van der Waals surface area contributed by atoms with Crippen LogP contribution in [0, 0.1) is 0 Å². The molecule has 1 aliphatic heterocycles. The lowest BCUT2D eigenvalue weighted by Gasteiger charge is -2.31. The highest BCUT2D eigenvalue weighted by atomic mass is 16.2. The van der Waals surface area contributed by atoms with Gasteiger partial charge >= 0.3 is 5.69 Å². The Morgan fingerprint density at radius 2 is 1.96 bits per heavy atom. The number of aromatic nitrogens is 5. The van der Waals surface area contributed by atoms with Gasteiger partial charge in [0.05, 0.1) is 18.7 Å². The fourth-order valence-electron chi connectivity index (χ4n) is 2.82. The summed E-state index contributed by atoms with van der Waals surface area (Å²) in [6, 6.07) is 0. The van der Waals surface area contributed by atoms with E-state index in [1.165, 1.54) is 0 Å². The van der Waals surface area contributed by atoms with Crippen LogP contribution in [0.1, 0.15) is 17.1 Å². The molecule has 10 nitrogen and oxygen atoms in total. The third-order valence-corrected chi connectivity index (χ3v) is 4.08. The Hall–Kier alpha value is -2.91. The molecule has 1 aliphatic rings. The summed E-state index contributed by atoms with van der Waals surface area (Å²) < 4.78 is 0. The van der Waals surface area contributed by atoms with Crippen molar-refractivity contribution in [1.29, 1.82) is 0 Å². The predicted octanol–water partition coefficient (Wildman–Crippen LogP) is -0.853. The largest absolute Gasteiger partial charge is 0.362 e. The molecule has 0 spiro atoms. The van der Waals surface area contributed by atoms with E-state index >= 15 is 0 Å². The van der Waals surface area contributed by atoms with E-state index in [0.29, 0.717) is 31.3 Å². The van der Waals surface area contributed by atoms with Crippen molar-refractivity contribution in [3.8, 4) is 0 Å². The Balaban J connectivity index is 1.84. The molecule has 134 valence electrons. The lowest BCUT2D eigenvalue weighted by atomic mass is 10.0. The van der Waals surface area contributed by atoms with Crippen molar-refractivity contribution in [2.24, 2.45) is 0 Å². The van der Waals surface area contributed by atoms with Crippen molar-refractivity contribution >= 4 is 17.7 Å². The highest BCUT2D eigenvalue weighted by molar-refractivity contribution is 5.78. The van der Waals surface area contributed by atoms with E-state index in [4.69, 9.17) is 0 Å². The summed E-state index contributed by atoms with van der Waals surface area (Å²) in [5.41, 5.74) is 1.52. The lowest BCUT2D eigenvalue weighted by Crippen LogP contribution is -2.38. The van der Waals surface area contributed by atoms with Crippen molar-refractivity contribution in [2.75, 3.05) is 44.5 Å². The highest BCUT2D eigenvalue weighted by Gasteiger charge is 2.26. The van der Waals surface area contributed by atoms with Gasteiger partial charge in [0.25, 0.3) is 0 Å². The van der Waals surface area contributed by atoms with Crippen molar-refractivity contribution in [2.45, 2.75) is 19.4 Å². The van der Waals surface area contributed by atoms with E-state index in [9.17, 15) is 9.59 Å². The average molecular weight is 346 g/mol. The van der Waals surface area contributed by atoms with Crippen molar-refractivity contribution in [3.05, 3.63) is 27.6 Å². The Morgan fingerprint density at radius 3 is 2.56 bits per heavy atom. The Bertz CT molecular complexity index is 838. The number of rotatable bonds is 4. The summed E-state index contributed by atoms with van der Waals surface area (Å²) in [5, 5.41) is 6.06. The number of nitrogens with zero attached hydrogens (tertiary/aromatic N) is 6. The lowest BCUT2D eigenvalue weighted by molar-refractivity contribution is -0.131. The van der Waals surface area contributed by atoms with E-state index in [-0.39, 0.29) is 12.3 Å². The van der Waals surface area contributed by atoms with Crippen molar-refractivity contribution in [3.63, 3.8) is 0 Å². The molecule has 0 unspecified atom stereocenters. The minimum absolute atomic E-state index is 0.0558. The van der Waals surface area contributed by atoms with E-state index in [1.807, 2.05) is 38.0 Å². The molecule has 0 saturated heterocycles. The number of anilines is 2. The predicted molar refractivity (Wildman–Crippen MR) is 92.7 cm³/mol. The van der Waals surface area contributed by atoms with Gasteiger partial charge in [-0.2, -0.15) is 10.1 Å². The fourth-order valence-corrected chi connectivity index (χ4v) is 2.82. The van der Waals surface area contributed by atoms with Gasteiger partial charge in [-0.3, -0.25) is 9.78 Å². The van der Waals surface area contributed by atoms with E-state index in [0.717, 1.165) is 17.1 Å². The molecule has 3 rings (SSSR count). The first-order valence-corrected chi connectivity index (χ1v) is 8.01. The van der Waals surface area contributed by atoms with Crippen LogP contribution < -0.4 is 15.5 Å². The maximum Gasteiger partial charge on any atom is 0.340 e. The number of carbonyl (C=O) groups is 1. The number of fused-ring (bicyclic) bond motifs is 1. The Morgan fingerprint density at radius 1 is 1.20 bits per heavy atom. The monoisotopic (exact) mass is 346 g/mol. The molecule has 0 saturated carbocycles. The molecule has 2 aromatic heterocycles. The molecule has 1 amide bonds. The normalized spacial score (nSPS) is 13.5. The van der Waals surface area contributed by atoms with Gasteiger partial charge in [-0.25, -0.2) is 14.9 Å². The summed E-state index contributed by atoms with van der Waals surface area (Å²) in [4.78, 5) is 40.9. The zero-order chi connectivity index (χ0) is 18.1. The molecular formula is C15H22N8O2. The van der Waals surface area contributed by atoms with Gasteiger partial charge < -0.3 is 14.7 Å². The van der Waals surface area contributed by atoms with Crippen molar-refractivity contribution < 1.29 is 4.79 Å². The molecule has 25 heavy (non-hydrogen) atoms. The molecule has 0 bridgehead atoms. The van der Waals surface area contributed by atoms with Gasteiger partial charge in [0.1, 0.15) is 11.6 Å². The second-order valence-corrected chi connectivity index (χ2v) is 6.43. The second-order valence-electron chi connectivity index (χ2n) is 6.43. The van der Waals surface area contributed by atoms with Crippen molar-refractivity contribution in [1.82, 2.24) is 30.0 Å². The maximum absolute atomic E-state index is 12.5. The van der Waals surface area contributed by atoms with Gasteiger partial charge in [-0.1, -0.05) is 0 Å². The number of H-pyrrole nitrogens is 2. The van der Waals surface area contributed by atoms with E-state index in [1.54, 1.807) is 4.90 Å². The fraction of sp³-hybridized carbons (Fsp3) is 0.533. The third kappa shape index (κ3) is 3.47. The number of carbonyl (C=O) groups excluding carboxylic acids is 1. The number of nitrogens with one attached hydrogen (secondary N) is 2. The molecule has 0 atom stereocenters. The molecular weight excluding hydrogens is 324 g/mol. The van der Waals surface area contributed by atoms with Gasteiger partial charge in [0.2, 0.25) is 11.9 Å². The average Bonchev–Trinajstić information content (AvgIpc) is 2.97. The zero-order valence-electron chi connectivity index (χ0n) is 14.8. The summed E-state index contributed by atoms with van der Waals surface area (Å²) in [5.74, 6) is 1.75. The summed E-state index contributed by atoms with van der Waals surface area (Å²) >= 11 is 0. The van der Waals surface area contributed by atoms with E-state index in [2.05, 4.69) is 25.1 Å². The van der Waals surface area contributed by atoms with Crippen LogP contribution in [0.15, 0.2) is 4.79 Å². The molecule has 0 radical (unpaired) electrons. The van der Waals surface area contributed by atoms with Crippen LogP contribution in [-0.2, 0) is 24.2 Å². The van der Waals surface area contributed by atoms with Crippen LogP contribution in [0.25, 0.3) is 0 Å². The minimum atomic E-state index is -0.411. The van der Waals surface area contributed by atoms with E-state index < -0.39 is 5.69 Å².